The molecule has 0 radical (unpaired) electrons. The average molecular weight is 291 g/mol. The van der Waals surface area contributed by atoms with Gasteiger partial charge in [-0.1, -0.05) is 18.9 Å². The highest BCUT2D eigenvalue weighted by Crippen LogP contribution is 2.33. The number of benzene rings is 1. The largest absolute Gasteiger partial charge is 0.312 e. The van der Waals surface area contributed by atoms with Crippen molar-refractivity contribution in [3.8, 4) is 0 Å². The van der Waals surface area contributed by atoms with E-state index < -0.39 is 0 Å². The predicted molar refractivity (Wildman–Crippen MR) is 88.0 cm³/mol. The van der Waals surface area contributed by atoms with Gasteiger partial charge in [-0.25, -0.2) is 4.39 Å². The van der Waals surface area contributed by atoms with Crippen LogP contribution in [0.15, 0.2) is 18.2 Å². The molecule has 0 spiro atoms. The first-order valence-corrected chi connectivity index (χ1v) is 8.35. The van der Waals surface area contributed by atoms with E-state index in [4.69, 9.17) is 0 Å². The van der Waals surface area contributed by atoms with Crippen LogP contribution < -0.4 is 5.32 Å². The molecule has 21 heavy (non-hydrogen) atoms. The van der Waals surface area contributed by atoms with E-state index in [1.807, 2.05) is 6.07 Å². The Hall–Kier alpha value is -0.890. The van der Waals surface area contributed by atoms with Crippen LogP contribution in [0.3, 0.4) is 0 Å². The van der Waals surface area contributed by atoms with Gasteiger partial charge in [-0.3, -0.25) is 0 Å². The Bertz CT molecular complexity index is 461. The summed E-state index contributed by atoms with van der Waals surface area (Å²) in [5, 5.41) is 3.66. The van der Waals surface area contributed by atoms with Crippen molar-refractivity contribution in [2.24, 2.45) is 11.8 Å². The number of halogens is 1. The zero-order chi connectivity index (χ0) is 15.5. The summed E-state index contributed by atoms with van der Waals surface area (Å²) in [6, 6.07) is 5.21. The van der Waals surface area contributed by atoms with Crippen molar-refractivity contribution in [3.05, 3.63) is 35.1 Å². The summed E-state index contributed by atoms with van der Waals surface area (Å²) in [4.78, 5) is 0. The van der Waals surface area contributed by atoms with E-state index in [0.29, 0.717) is 5.92 Å². The molecule has 1 fully saturated rings. The molecular formula is C19H30FN. The second kappa shape index (κ2) is 6.91. The maximum Gasteiger partial charge on any atom is 0.123 e. The molecule has 1 nitrogen and oxygen atoms in total. The van der Waals surface area contributed by atoms with Gasteiger partial charge >= 0.3 is 0 Å². The number of nitrogens with one attached hydrogen (secondary N) is 1. The first-order valence-electron chi connectivity index (χ1n) is 8.35. The van der Waals surface area contributed by atoms with Gasteiger partial charge in [0, 0.05) is 5.54 Å². The van der Waals surface area contributed by atoms with Crippen molar-refractivity contribution in [1.29, 1.82) is 0 Å². The molecule has 0 saturated heterocycles. The lowest BCUT2D eigenvalue weighted by atomic mass is 9.75. The Morgan fingerprint density at radius 2 is 1.81 bits per heavy atom. The van der Waals surface area contributed by atoms with Crippen LogP contribution in [-0.2, 0) is 6.42 Å². The number of rotatable bonds is 4. The zero-order valence-corrected chi connectivity index (χ0v) is 14.0. The van der Waals surface area contributed by atoms with Gasteiger partial charge in [0.2, 0.25) is 0 Å². The van der Waals surface area contributed by atoms with Crippen molar-refractivity contribution in [2.75, 3.05) is 6.54 Å². The SMILES string of the molecule is Cc1ccc(F)cc1CC1CCCCC1CNC(C)(C)C. The minimum absolute atomic E-state index is 0.101. The molecule has 2 heteroatoms. The van der Waals surface area contributed by atoms with Crippen LogP contribution in [0, 0.1) is 24.6 Å². The first-order chi connectivity index (χ1) is 9.85. The van der Waals surface area contributed by atoms with Crippen LogP contribution in [0.4, 0.5) is 4.39 Å². The molecule has 0 aromatic heterocycles. The summed E-state index contributed by atoms with van der Waals surface area (Å²) >= 11 is 0. The smallest absolute Gasteiger partial charge is 0.123 e. The lowest BCUT2D eigenvalue weighted by Gasteiger charge is -2.34. The fraction of sp³-hybridized carbons (Fsp3) is 0.684. The molecule has 1 aromatic carbocycles. The van der Waals surface area contributed by atoms with Crippen molar-refractivity contribution >= 4 is 0 Å². The molecule has 2 unspecified atom stereocenters. The second-order valence-corrected chi connectivity index (χ2v) is 7.71. The third kappa shape index (κ3) is 5.10. The van der Waals surface area contributed by atoms with Gasteiger partial charge in [0.1, 0.15) is 5.82 Å². The Labute approximate surface area is 129 Å². The maximum absolute atomic E-state index is 13.5. The Morgan fingerprint density at radius 3 is 2.48 bits per heavy atom. The van der Waals surface area contributed by atoms with E-state index >= 15 is 0 Å². The molecule has 118 valence electrons. The molecule has 1 aliphatic rings. The molecule has 1 saturated carbocycles. The Morgan fingerprint density at radius 1 is 1.14 bits per heavy atom. The van der Waals surface area contributed by atoms with Crippen LogP contribution in [0.5, 0.6) is 0 Å². The maximum atomic E-state index is 13.5. The molecule has 0 bridgehead atoms. The lowest BCUT2D eigenvalue weighted by molar-refractivity contribution is 0.213. The highest BCUT2D eigenvalue weighted by atomic mass is 19.1. The van der Waals surface area contributed by atoms with Gasteiger partial charge < -0.3 is 5.32 Å². The van der Waals surface area contributed by atoms with E-state index in [-0.39, 0.29) is 11.4 Å². The van der Waals surface area contributed by atoms with E-state index in [1.54, 1.807) is 12.1 Å². The molecule has 1 N–H and O–H groups in total. The van der Waals surface area contributed by atoms with Crippen LogP contribution in [0.1, 0.15) is 57.6 Å². The topological polar surface area (TPSA) is 12.0 Å². The Balaban J connectivity index is 2.03. The molecule has 2 rings (SSSR count). The highest BCUT2D eigenvalue weighted by molar-refractivity contribution is 5.27. The summed E-state index contributed by atoms with van der Waals surface area (Å²) in [6.45, 7) is 9.85. The van der Waals surface area contributed by atoms with Crippen molar-refractivity contribution in [1.82, 2.24) is 5.32 Å². The standard InChI is InChI=1S/C19H30FN/c1-14-9-10-18(20)12-17(14)11-15-7-5-6-8-16(15)13-21-19(2,3)4/h9-10,12,15-16,21H,5-8,11,13H2,1-4H3. The first kappa shape index (κ1) is 16.5. The molecule has 1 aromatic rings. The van der Waals surface area contributed by atoms with E-state index in [2.05, 4.69) is 33.0 Å². The predicted octanol–water partition coefficient (Wildman–Crippen LogP) is 4.87. The number of aryl methyl sites for hydroxylation is 1. The van der Waals surface area contributed by atoms with Crippen LogP contribution in [0.25, 0.3) is 0 Å². The summed E-state index contributed by atoms with van der Waals surface area (Å²) in [7, 11) is 0. The minimum atomic E-state index is -0.101. The average Bonchev–Trinajstić information content (AvgIpc) is 2.41. The van der Waals surface area contributed by atoms with Gasteiger partial charge in [0.05, 0.1) is 0 Å². The third-order valence-electron chi connectivity index (χ3n) is 4.75. The Kier molecular flexibility index (Phi) is 5.43. The number of hydrogen-bond donors (Lipinski definition) is 1. The summed E-state index contributed by atoms with van der Waals surface area (Å²) in [5.74, 6) is 1.31. The van der Waals surface area contributed by atoms with Gasteiger partial charge in [-0.15, -0.1) is 0 Å². The summed E-state index contributed by atoms with van der Waals surface area (Å²) in [6.07, 6.45) is 6.29. The van der Waals surface area contributed by atoms with Crippen molar-refractivity contribution in [2.45, 2.75) is 65.3 Å². The zero-order valence-electron chi connectivity index (χ0n) is 14.0. The summed E-state index contributed by atoms with van der Waals surface area (Å²) in [5.41, 5.74) is 2.60. The monoisotopic (exact) mass is 291 g/mol. The van der Waals surface area contributed by atoms with Crippen LogP contribution in [0.2, 0.25) is 0 Å². The third-order valence-corrected chi connectivity index (χ3v) is 4.75. The number of hydrogen-bond acceptors (Lipinski definition) is 1. The normalized spacial score (nSPS) is 23.3. The van der Waals surface area contributed by atoms with Gasteiger partial charge in [0.15, 0.2) is 0 Å². The fourth-order valence-corrected chi connectivity index (χ4v) is 3.40. The van der Waals surface area contributed by atoms with E-state index in [1.165, 1.54) is 36.8 Å². The summed E-state index contributed by atoms with van der Waals surface area (Å²) < 4.78 is 13.5. The fourth-order valence-electron chi connectivity index (χ4n) is 3.40. The van der Waals surface area contributed by atoms with Crippen LogP contribution in [-0.4, -0.2) is 12.1 Å². The van der Waals surface area contributed by atoms with E-state index in [9.17, 15) is 4.39 Å². The molecule has 2 atom stereocenters. The lowest BCUT2D eigenvalue weighted by Crippen LogP contribution is -2.41. The van der Waals surface area contributed by atoms with Gasteiger partial charge in [0.25, 0.3) is 0 Å². The van der Waals surface area contributed by atoms with Crippen molar-refractivity contribution < 1.29 is 4.39 Å². The molecule has 0 aliphatic heterocycles. The molecule has 1 aliphatic carbocycles. The second-order valence-electron chi connectivity index (χ2n) is 7.71. The van der Waals surface area contributed by atoms with Gasteiger partial charge in [-0.05, 0) is 88.6 Å². The van der Waals surface area contributed by atoms with Crippen molar-refractivity contribution in [3.63, 3.8) is 0 Å². The van der Waals surface area contributed by atoms with Gasteiger partial charge in [-0.2, -0.15) is 0 Å². The quantitative estimate of drug-likeness (QED) is 0.834. The molecule has 0 heterocycles. The highest BCUT2D eigenvalue weighted by Gasteiger charge is 2.26. The molecular weight excluding hydrogens is 261 g/mol. The molecule has 0 amide bonds. The van der Waals surface area contributed by atoms with E-state index in [0.717, 1.165) is 18.9 Å². The minimum Gasteiger partial charge on any atom is -0.312 e. The van der Waals surface area contributed by atoms with Crippen LogP contribution >= 0.6 is 0 Å².